The molecule has 8 rings (SSSR count). The van der Waals surface area contributed by atoms with E-state index in [0.717, 1.165) is 31.4 Å². The molecule has 15 atom stereocenters. The molecule has 130 heavy (non-hydrogen) atoms. The number of thioether (sulfide) groups is 1. The number of phenols is 1. The summed E-state index contributed by atoms with van der Waals surface area (Å²) < 4.78 is 0. The van der Waals surface area contributed by atoms with Crippen molar-refractivity contribution in [2.45, 2.75) is 242 Å². The normalized spacial score (nSPS) is 25.4. The van der Waals surface area contributed by atoms with Gasteiger partial charge in [-0.25, -0.2) is 0 Å². The molecule has 5 aromatic rings. The van der Waals surface area contributed by atoms with Gasteiger partial charge in [0.15, 0.2) is 0 Å². The summed E-state index contributed by atoms with van der Waals surface area (Å²) >= 11 is 0.797. The van der Waals surface area contributed by atoms with Crippen molar-refractivity contribution in [3.8, 4) is 5.75 Å². The Morgan fingerprint density at radius 3 is 1.63 bits per heavy atom. The lowest BCUT2D eigenvalue weighted by atomic mass is 9.99. The quantitative estimate of drug-likeness (QED) is 0.0304. The number of phenolic OH excluding ortho intramolecular Hbond substituents is 1. The second-order valence-corrected chi connectivity index (χ2v) is 35.5. The zero-order valence-electron chi connectivity index (χ0n) is 75.3. The molecule has 0 bridgehead atoms. The molecule has 2 aromatic heterocycles. The Bertz CT molecular complexity index is 4850. The fraction of sp³-hybridized carbons (Fsp3) is 0.562. The average molecular weight is 1830 g/mol. The first-order chi connectivity index (χ1) is 61.8. The van der Waals surface area contributed by atoms with E-state index in [2.05, 4.69) is 63.1 Å². The molecule has 0 saturated carbocycles. The van der Waals surface area contributed by atoms with E-state index in [9.17, 15) is 63.3 Å². The Hall–Kier alpha value is -12.2. The molecule has 0 aliphatic carbocycles. The smallest absolute Gasteiger partial charge is 0.246 e. The fourth-order valence-electron chi connectivity index (χ4n) is 16.3. The number of aromatic amines is 2. The highest BCUT2D eigenvalue weighted by atomic mass is 32.2. The van der Waals surface area contributed by atoms with Crippen LogP contribution in [0.2, 0.25) is 0 Å². The minimum atomic E-state index is -1.87. The molecule has 0 radical (unpaired) electrons. The van der Waals surface area contributed by atoms with Crippen molar-refractivity contribution in [2.75, 3.05) is 65.4 Å². The number of aromatic hydroxyl groups is 1. The predicted molar refractivity (Wildman–Crippen MR) is 481 cm³/mol. The van der Waals surface area contributed by atoms with E-state index in [1.165, 1.54) is 57.2 Å². The minimum absolute atomic E-state index is 0.00973. The molecule has 0 spiro atoms. The largest absolute Gasteiger partial charge is 0.508 e. The van der Waals surface area contributed by atoms with Crippen molar-refractivity contribution < 1.29 is 96.8 Å². The number of para-hydroxylation sites is 2. The molecule has 3 aliphatic rings. The van der Waals surface area contributed by atoms with Crippen LogP contribution >= 0.6 is 11.8 Å². The second kappa shape index (κ2) is 49.0. The first kappa shape index (κ1) is 103. The summed E-state index contributed by atoms with van der Waals surface area (Å²) in [6.45, 7) is 9.15. The maximum Gasteiger partial charge on any atom is 0.246 e. The number of aromatic nitrogens is 2. The summed E-state index contributed by atoms with van der Waals surface area (Å²) in [6.07, 6.45) is 2.54. The summed E-state index contributed by atoms with van der Waals surface area (Å²) in [5.41, 5.74) is 20.0. The number of nitrogens with one attached hydrogen (secondary N) is 12. The van der Waals surface area contributed by atoms with Crippen LogP contribution in [0.4, 0.5) is 0 Å². The molecule has 3 aliphatic heterocycles. The summed E-state index contributed by atoms with van der Waals surface area (Å²) in [6, 6.07) is -1.71. The fourth-order valence-corrected chi connectivity index (χ4v) is 17.1. The van der Waals surface area contributed by atoms with Gasteiger partial charge >= 0.3 is 0 Å². The van der Waals surface area contributed by atoms with Crippen LogP contribution in [-0.2, 0) is 101 Å². The van der Waals surface area contributed by atoms with Crippen molar-refractivity contribution >= 4 is 134 Å². The maximum absolute atomic E-state index is 15.7. The van der Waals surface area contributed by atoms with E-state index in [-0.39, 0.29) is 88.3 Å². The molecule has 3 aromatic carbocycles. The van der Waals surface area contributed by atoms with Crippen molar-refractivity contribution in [3.05, 3.63) is 102 Å². The van der Waals surface area contributed by atoms with Crippen molar-refractivity contribution in [1.82, 2.24) is 87.6 Å². The minimum Gasteiger partial charge on any atom is -0.508 e. The van der Waals surface area contributed by atoms with E-state index in [4.69, 9.17) is 17.2 Å². The van der Waals surface area contributed by atoms with Gasteiger partial charge in [0.05, 0.1) is 31.4 Å². The molecule has 5 heterocycles. The summed E-state index contributed by atoms with van der Waals surface area (Å²) in [5.74, 6) is -17.5. The lowest BCUT2D eigenvalue weighted by Crippen LogP contribution is -2.62. The molecule has 40 nitrogen and oxygen atoms in total. The highest BCUT2D eigenvalue weighted by Gasteiger charge is 2.47. The third-order valence-corrected chi connectivity index (χ3v) is 24.6. The number of aliphatic hydroxyl groups is 2. The van der Waals surface area contributed by atoms with Crippen LogP contribution in [-0.4, -0.2) is 306 Å². The van der Waals surface area contributed by atoms with Gasteiger partial charge in [0, 0.05) is 106 Å². The number of carbonyl (C=O) groups excluding carboxylic acids is 17. The van der Waals surface area contributed by atoms with E-state index < -0.39 is 235 Å². The number of likely N-dealkylation sites (N-methyl/N-ethyl adjacent to an activating group) is 3. The van der Waals surface area contributed by atoms with Crippen LogP contribution in [0.15, 0.2) is 85.2 Å². The Morgan fingerprint density at radius 2 is 1.03 bits per heavy atom. The van der Waals surface area contributed by atoms with Gasteiger partial charge in [-0.15, -0.1) is 11.8 Å². The van der Waals surface area contributed by atoms with E-state index in [1.54, 1.807) is 88.6 Å². The van der Waals surface area contributed by atoms with Gasteiger partial charge in [-0.1, -0.05) is 122 Å². The van der Waals surface area contributed by atoms with Crippen LogP contribution in [0.25, 0.3) is 21.8 Å². The zero-order chi connectivity index (χ0) is 95.5. The molecule has 17 amide bonds. The van der Waals surface area contributed by atoms with Gasteiger partial charge < -0.3 is 120 Å². The lowest BCUT2D eigenvalue weighted by molar-refractivity contribution is -0.149. The summed E-state index contributed by atoms with van der Waals surface area (Å²) in [4.78, 5) is 260. The van der Waals surface area contributed by atoms with E-state index in [1.807, 2.05) is 13.8 Å². The number of nitrogens with two attached hydrogens (primary N) is 3. The molecule has 3 saturated heterocycles. The van der Waals surface area contributed by atoms with Crippen LogP contribution in [0.1, 0.15) is 149 Å². The highest BCUT2D eigenvalue weighted by Crippen LogP contribution is 2.28. The SMILES string of the molecule is CCCCC[C@H]1C(=O)N[C@@H](CC(C)C)C(=O)N[C@H](C(=O)NCC(N)=O)CSCC(=O)N[C@@H](Cc2ccc(O)cc2)C(=O)N(C)[C@@H](C)C(=O)N[C@@H](CC(N)=O)C(=O)N2CCC[C@H]2C(=O)N[C@@H](CN)C(=O)N[C@@H](CC(C)C)C(=O)N2C[C@H](O)C[C@H]2C(=O)N[C@@H](Cc2c[nH]c3ccccc23)C(=O)N[C@@H](CO)C(=O)N[C@@H](Cc2c[nH]c3ccccc23)C(=O)N(C)[C@@H](CCCC)C(=O)N1C. The van der Waals surface area contributed by atoms with Crippen molar-refractivity contribution in [3.63, 3.8) is 0 Å². The number of aliphatic hydroxyl groups excluding tert-OH is 2. The van der Waals surface area contributed by atoms with Gasteiger partial charge in [-0.2, -0.15) is 0 Å². The molecular weight excluding hydrogens is 1700 g/mol. The Kier molecular flexibility index (Phi) is 38.8. The lowest BCUT2D eigenvalue weighted by Gasteiger charge is -2.36. The Balaban J connectivity index is 1.18. The van der Waals surface area contributed by atoms with E-state index >= 15 is 33.6 Å². The summed E-state index contributed by atoms with van der Waals surface area (Å²) in [5, 5.41) is 60.4. The topological polar surface area (TPSA) is 597 Å². The van der Waals surface area contributed by atoms with Gasteiger partial charge in [-0.05, 0) is 98.2 Å². The maximum atomic E-state index is 15.7. The molecule has 3 fully saturated rings. The number of primary amides is 2. The number of H-pyrrole nitrogens is 2. The molecule has 710 valence electrons. The summed E-state index contributed by atoms with van der Waals surface area (Å²) in [7, 11) is 3.97. The number of hydrogen-bond donors (Lipinski definition) is 18. The highest BCUT2D eigenvalue weighted by molar-refractivity contribution is 8.00. The van der Waals surface area contributed by atoms with Gasteiger partial charge in [0.1, 0.15) is 90.3 Å². The Morgan fingerprint density at radius 1 is 0.523 bits per heavy atom. The third kappa shape index (κ3) is 28.4. The number of benzene rings is 3. The number of carbonyl (C=O) groups is 17. The second-order valence-electron chi connectivity index (χ2n) is 34.4. The number of nitrogens with zero attached hydrogens (tertiary/aromatic N) is 5. The van der Waals surface area contributed by atoms with Gasteiger partial charge in [0.25, 0.3) is 0 Å². The van der Waals surface area contributed by atoms with Crippen LogP contribution < -0.4 is 70.4 Å². The van der Waals surface area contributed by atoms with Gasteiger partial charge in [-0.3, -0.25) is 81.5 Å². The number of unbranched alkanes of at least 4 members (excludes halogenated alkanes) is 3. The number of fused-ring (bicyclic) bond motifs is 4. The standard InChI is InChI=1S/C89H128N20O20S/c1-11-13-15-26-69-82(122)97-60(33-48(3)4)78(118)104-68(77(117)95-43-74(92)114)46-130-47-75(115)96-63(35-51-28-30-54(111)31-29-51)85(125)105(8)50(7)76(116)99-65(39-73(91)113)87(127)108-32-20-27-70(108)83(123)102-66(40-90)80(120)100-62(34-49(5)6)88(128)109-44-55(112)38-72(109)84(124)98-61(36-52-41-93-58-23-18-16-21-56(52)58)79(119)103-67(45-110)81(121)101-64(37-53-42-94-59-24-19-17-22-57(53)59)86(126)107(10)71(25-14-12-2)89(129)106(69)9/h16-19,21-24,28-31,41-42,48-50,55,60-72,93-94,110-112H,11-15,20,25-27,32-40,43-47,90H2,1-10H3,(H2,91,113)(H2,92,114)(H,95,117)(H,96,115)(H,97,122)(H,98,124)(H,99,116)(H,100,120)(H,101,121)(H,102,123)(H,103,119)(H,104,118)/t50-,55+,60-,61-,62-,63-,64-,65-,66-,67-,68-,69-,70-,71-,72-/m0/s1. The molecule has 21 N–H and O–H groups in total. The van der Waals surface area contributed by atoms with Crippen molar-refractivity contribution in [2.24, 2.45) is 29.0 Å². The van der Waals surface area contributed by atoms with Crippen LogP contribution in [0.5, 0.6) is 5.75 Å². The third-order valence-electron chi connectivity index (χ3n) is 23.5. The number of rotatable bonds is 24. The monoisotopic (exact) mass is 1830 g/mol. The number of amides is 17. The predicted octanol–water partition coefficient (Wildman–Crippen LogP) is -1.76. The van der Waals surface area contributed by atoms with Gasteiger partial charge in [0.2, 0.25) is 100 Å². The average Bonchev–Trinajstić information content (AvgIpc) is 1.36. The number of hydrogen-bond acceptors (Lipinski definition) is 22. The van der Waals surface area contributed by atoms with E-state index in [0.29, 0.717) is 70.6 Å². The zero-order valence-corrected chi connectivity index (χ0v) is 76.1. The first-order valence-corrected chi connectivity index (χ1v) is 45.4. The Labute approximate surface area is 758 Å². The van der Waals surface area contributed by atoms with Crippen molar-refractivity contribution in [1.29, 1.82) is 0 Å². The first-order valence-electron chi connectivity index (χ1n) is 44.2. The molecule has 0 unspecified atom stereocenters. The van der Waals surface area contributed by atoms with Crippen LogP contribution in [0, 0.1) is 11.8 Å². The molecule has 41 heteroatoms. The molecular formula is C89H128N20O20S. The van der Waals surface area contributed by atoms with Crippen LogP contribution in [0.3, 0.4) is 0 Å².